The van der Waals surface area contributed by atoms with Gasteiger partial charge in [-0.2, -0.15) is 0 Å². The Balaban J connectivity index is 0. The van der Waals surface area contributed by atoms with Crippen LogP contribution in [0.1, 0.15) is 53.0 Å². The topological polar surface area (TPSA) is 64.3 Å². The fraction of sp³-hybridized carbons (Fsp3) is 0.611. The molecular formula is C18H34N2O2. The van der Waals surface area contributed by atoms with Gasteiger partial charge in [0.15, 0.2) is 0 Å². The van der Waals surface area contributed by atoms with Gasteiger partial charge in [-0.1, -0.05) is 65.0 Å². The zero-order valence-corrected chi connectivity index (χ0v) is 14.9. The molecule has 3 N–H and O–H groups in total. The lowest BCUT2D eigenvalue weighted by atomic mass is 10.2. The predicted octanol–water partition coefficient (Wildman–Crippen LogP) is 3.70. The molecule has 0 unspecified atom stereocenters. The zero-order valence-electron chi connectivity index (χ0n) is 14.9. The maximum atomic E-state index is 10.7. The minimum atomic E-state index is -0.0730. The molecule has 0 atom stereocenters. The van der Waals surface area contributed by atoms with Crippen LogP contribution in [-0.2, 0) is 16.1 Å². The molecule has 1 aromatic carbocycles. The third-order valence-electron chi connectivity index (χ3n) is 2.35. The van der Waals surface area contributed by atoms with Crippen LogP contribution in [-0.4, -0.2) is 19.2 Å². The van der Waals surface area contributed by atoms with Crippen molar-refractivity contribution < 1.29 is 9.53 Å². The molecule has 4 nitrogen and oxygen atoms in total. The second-order valence-corrected chi connectivity index (χ2v) is 4.94. The smallest absolute Gasteiger partial charge is 0.305 e. The van der Waals surface area contributed by atoms with Crippen molar-refractivity contribution in [1.29, 1.82) is 0 Å². The molecule has 22 heavy (non-hydrogen) atoms. The van der Waals surface area contributed by atoms with Gasteiger partial charge in [0.1, 0.15) is 0 Å². The van der Waals surface area contributed by atoms with Crippen molar-refractivity contribution in [3.8, 4) is 0 Å². The number of hydrogen-bond donors (Lipinski definition) is 2. The molecule has 0 spiro atoms. The van der Waals surface area contributed by atoms with Gasteiger partial charge in [-0.3, -0.25) is 4.79 Å². The largest absolute Gasteiger partial charge is 0.465 e. The molecule has 4 heteroatoms. The van der Waals surface area contributed by atoms with Crippen LogP contribution in [0, 0.1) is 5.92 Å². The van der Waals surface area contributed by atoms with Crippen LogP contribution < -0.4 is 11.1 Å². The number of hydrogen-bond acceptors (Lipinski definition) is 4. The number of rotatable bonds is 7. The molecule has 1 rings (SSSR count). The summed E-state index contributed by atoms with van der Waals surface area (Å²) in [5.41, 5.74) is 6.54. The number of ether oxygens (including phenoxy) is 1. The Bertz CT molecular complexity index is 340. The Morgan fingerprint density at radius 2 is 1.82 bits per heavy atom. The Labute approximate surface area is 136 Å². The SMILES string of the molecule is CC.CCCC(=O)OCC(C)C.NCNCc1ccccc1. The minimum Gasteiger partial charge on any atom is -0.465 e. The van der Waals surface area contributed by atoms with Crippen molar-refractivity contribution in [2.24, 2.45) is 11.7 Å². The molecule has 0 aliphatic heterocycles. The van der Waals surface area contributed by atoms with E-state index in [1.807, 2.05) is 52.8 Å². The highest BCUT2D eigenvalue weighted by atomic mass is 16.5. The molecule has 0 aliphatic rings. The lowest BCUT2D eigenvalue weighted by Crippen LogP contribution is -2.21. The highest BCUT2D eigenvalue weighted by molar-refractivity contribution is 5.69. The van der Waals surface area contributed by atoms with E-state index in [0.717, 1.165) is 13.0 Å². The number of nitrogens with one attached hydrogen (secondary N) is 1. The average Bonchev–Trinajstić information content (AvgIpc) is 2.55. The third kappa shape index (κ3) is 16.7. The summed E-state index contributed by atoms with van der Waals surface area (Å²) in [5.74, 6) is 0.372. The first-order chi connectivity index (χ1) is 10.6. The van der Waals surface area contributed by atoms with Crippen molar-refractivity contribution in [2.45, 2.75) is 54.0 Å². The standard InChI is InChI=1S/C8H12N2.C8H16O2.C2H6/c9-7-10-6-8-4-2-1-3-5-8;1-4-5-8(9)10-6-7(2)3;1-2/h1-5,10H,6-7,9H2;7H,4-6H2,1-3H3;1-2H3. The molecule has 0 fully saturated rings. The summed E-state index contributed by atoms with van der Waals surface area (Å²) in [6.45, 7) is 12.0. The third-order valence-corrected chi connectivity index (χ3v) is 2.35. The first kappa shape index (κ1) is 22.9. The number of benzene rings is 1. The van der Waals surface area contributed by atoms with Crippen LogP contribution in [0.5, 0.6) is 0 Å². The first-order valence-electron chi connectivity index (χ1n) is 8.20. The molecule has 0 bridgehead atoms. The average molecular weight is 310 g/mol. The van der Waals surface area contributed by atoms with Crippen LogP contribution in [0.3, 0.4) is 0 Å². The van der Waals surface area contributed by atoms with Crippen LogP contribution in [0.4, 0.5) is 0 Å². The predicted molar refractivity (Wildman–Crippen MR) is 94.4 cm³/mol. The summed E-state index contributed by atoms with van der Waals surface area (Å²) < 4.78 is 4.90. The van der Waals surface area contributed by atoms with E-state index in [9.17, 15) is 4.79 Å². The van der Waals surface area contributed by atoms with Crippen LogP contribution in [0.25, 0.3) is 0 Å². The Morgan fingerprint density at radius 3 is 2.27 bits per heavy atom. The maximum Gasteiger partial charge on any atom is 0.305 e. The van der Waals surface area contributed by atoms with Gasteiger partial charge in [-0.15, -0.1) is 0 Å². The molecule has 128 valence electrons. The Morgan fingerprint density at radius 1 is 1.23 bits per heavy atom. The van der Waals surface area contributed by atoms with Gasteiger partial charge in [0.2, 0.25) is 0 Å². The number of nitrogens with two attached hydrogens (primary N) is 1. The fourth-order valence-electron chi connectivity index (χ4n) is 1.35. The van der Waals surface area contributed by atoms with Crippen molar-refractivity contribution in [2.75, 3.05) is 13.3 Å². The lowest BCUT2D eigenvalue weighted by Gasteiger charge is -2.05. The van der Waals surface area contributed by atoms with Crippen molar-refractivity contribution in [3.05, 3.63) is 35.9 Å². The van der Waals surface area contributed by atoms with Crippen molar-refractivity contribution >= 4 is 5.97 Å². The number of carbonyl (C=O) groups excluding carboxylic acids is 1. The Hall–Kier alpha value is -1.39. The lowest BCUT2D eigenvalue weighted by molar-refractivity contribution is -0.144. The van der Waals surface area contributed by atoms with E-state index in [-0.39, 0.29) is 5.97 Å². The molecular weight excluding hydrogens is 276 g/mol. The molecule has 0 heterocycles. The fourth-order valence-corrected chi connectivity index (χ4v) is 1.35. The van der Waals surface area contributed by atoms with E-state index in [1.165, 1.54) is 5.56 Å². The molecule has 0 amide bonds. The van der Waals surface area contributed by atoms with E-state index in [4.69, 9.17) is 10.5 Å². The monoisotopic (exact) mass is 310 g/mol. The number of esters is 1. The van der Waals surface area contributed by atoms with Gasteiger partial charge in [0.05, 0.1) is 6.61 Å². The summed E-state index contributed by atoms with van der Waals surface area (Å²) in [6, 6.07) is 10.2. The van der Waals surface area contributed by atoms with Crippen LogP contribution >= 0.6 is 0 Å². The van der Waals surface area contributed by atoms with Crippen molar-refractivity contribution in [3.63, 3.8) is 0 Å². The normalized spacial score (nSPS) is 9.23. The first-order valence-corrected chi connectivity index (χ1v) is 8.20. The minimum absolute atomic E-state index is 0.0730. The quantitative estimate of drug-likeness (QED) is 0.595. The molecule has 1 aromatic rings. The molecule has 0 aromatic heterocycles. The van der Waals surface area contributed by atoms with E-state index < -0.39 is 0 Å². The highest BCUT2D eigenvalue weighted by Gasteiger charge is 2.01. The van der Waals surface area contributed by atoms with Crippen LogP contribution in [0.2, 0.25) is 0 Å². The second-order valence-electron chi connectivity index (χ2n) is 4.94. The summed E-state index contributed by atoms with van der Waals surface area (Å²) in [7, 11) is 0. The molecule has 0 radical (unpaired) electrons. The molecule has 0 aliphatic carbocycles. The van der Waals surface area contributed by atoms with Gasteiger partial charge >= 0.3 is 5.97 Å². The zero-order chi connectivity index (χ0) is 17.2. The van der Waals surface area contributed by atoms with Crippen LogP contribution in [0.15, 0.2) is 30.3 Å². The number of carbonyl (C=O) groups is 1. The van der Waals surface area contributed by atoms with E-state index in [0.29, 0.717) is 25.6 Å². The maximum absolute atomic E-state index is 10.7. The van der Waals surface area contributed by atoms with Gasteiger partial charge in [-0.25, -0.2) is 0 Å². The molecule has 0 saturated heterocycles. The summed E-state index contributed by atoms with van der Waals surface area (Å²) >= 11 is 0. The van der Waals surface area contributed by atoms with Gasteiger partial charge < -0.3 is 15.8 Å². The van der Waals surface area contributed by atoms with Gasteiger partial charge in [0, 0.05) is 19.6 Å². The summed E-state index contributed by atoms with van der Waals surface area (Å²) in [5, 5.41) is 3.04. The van der Waals surface area contributed by atoms with E-state index >= 15 is 0 Å². The Kier molecular flexibility index (Phi) is 18.4. The van der Waals surface area contributed by atoms with Gasteiger partial charge in [0.25, 0.3) is 0 Å². The highest BCUT2D eigenvalue weighted by Crippen LogP contribution is 1.96. The van der Waals surface area contributed by atoms with E-state index in [1.54, 1.807) is 0 Å². The summed E-state index contributed by atoms with van der Waals surface area (Å²) in [4.78, 5) is 10.7. The molecule has 0 saturated carbocycles. The summed E-state index contributed by atoms with van der Waals surface area (Å²) in [6.07, 6.45) is 1.42. The van der Waals surface area contributed by atoms with E-state index in [2.05, 4.69) is 17.4 Å². The second kappa shape index (κ2) is 17.7. The van der Waals surface area contributed by atoms with Gasteiger partial charge in [-0.05, 0) is 17.9 Å². The van der Waals surface area contributed by atoms with Crippen molar-refractivity contribution in [1.82, 2.24) is 5.32 Å².